The molecule has 5 nitrogen and oxygen atoms in total. The minimum atomic E-state index is -0.391. The third kappa shape index (κ3) is 4.61. The number of nitrogens with one attached hydrogen (secondary N) is 1. The van der Waals surface area contributed by atoms with Crippen LogP contribution in [0.2, 0.25) is 0 Å². The highest BCUT2D eigenvalue weighted by atomic mass is 19.1. The Kier molecular flexibility index (Phi) is 5.86. The van der Waals surface area contributed by atoms with Gasteiger partial charge in [0.25, 0.3) is 0 Å². The van der Waals surface area contributed by atoms with E-state index in [1.807, 2.05) is 24.3 Å². The molecule has 0 aromatic heterocycles. The van der Waals surface area contributed by atoms with Crippen molar-refractivity contribution in [3.05, 3.63) is 65.0 Å². The number of halogens is 1. The smallest absolute Gasteiger partial charge is 0.244 e. The number of rotatable bonds is 6. The lowest BCUT2D eigenvalue weighted by atomic mass is 10.1. The molecular formula is C20H20FNO4. The van der Waals surface area contributed by atoms with Crippen LogP contribution in [0.15, 0.2) is 42.5 Å². The molecule has 2 aromatic carbocycles. The number of amides is 1. The third-order valence-electron chi connectivity index (χ3n) is 3.99. The van der Waals surface area contributed by atoms with E-state index in [1.165, 1.54) is 18.2 Å². The lowest BCUT2D eigenvalue weighted by molar-refractivity contribution is -0.116. The van der Waals surface area contributed by atoms with Crippen molar-refractivity contribution in [2.45, 2.75) is 13.0 Å². The molecule has 1 N–H and O–H groups in total. The zero-order valence-corrected chi connectivity index (χ0v) is 14.5. The molecule has 0 aliphatic carbocycles. The zero-order valence-electron chi connectivity index (χ0n) is 14.5. The Morgan fingerprint density at radius 2 is 2.12 bits per heavy atom. The summed E-state index contributed by atoms with van der Waals surface area (Å²) < 4.78 is 29.3. The summed E-state index contributed by atoms with van der Waals surface area (Å²) in [6.07, 6.45) is 3.64. The Labute approximate surface area is 151 Å². The lowest BCUT2D eigenvalue weighted by Gasteiger charge is -2.19. The van der Waals surface area contributed by atoms with E-state index < -0.39 is 5.82 Å². The second-order valence-corrected chi connectivity index (χ2v) is 5.82. The summed E-state index contributed by atoms with van der Waals surface area (Å²) in [5.41, 5.74) is 2.26. The summed E-state index contributed by atoms with van der Waals surface area (Å²) >= 11 is 0. The summed E-state index contributed by atoms with van der Waals surface area (Å²) in [6, 6.07) is 10.4. The van der Waals surface area contributed by atoms with Gasteiger partial charge < -0.3 is 19.5 Å². The zero-order chi connectivity index (χ0) is 18.4. The molecule has 0 unspecified atom stereocenters. The van der Waals surface area contributed by atoms with E-state index >= 15 is 0 Å². The van der Waals surface area contributed by atoms with E-state index in [9.17, 15) is 9.18 Å². The van der Waals surface area contributed by atoms with Crippen LogP contribution in [-0.4, -0.2) is 26.4 Å². The van der Waals surface area contributed by atoms with Gasteiger partial charge in [0.15, 0.2) is 6.79 Å². The van der Waals surface area contributed by atoms with Crippen LogP contribution in [0.1, 0.15) is 16.7 Å². The molecule has 0 radical (unpaired) electrons. The highest BCUT2D eigenvalue weighted by Gasteiger charge is 2.15. The summed E-state index contributed by atoms with van der Waals surface area (Å²) in [5, 5.41) is 2.81. The lowest BCUT2D eigenvalue weighted by Crippen LogP contribution is -2.23. The van der Waals surface area contributed by atoms with E-state index in [4.69, 9.17) is 14.2 Å². The van der Waals surface area contributed by atoms with E-state index in [1.54, 1.807) is 13.2 Å². The summed E-state index contributed by atoms with van der Waals surface area (Å²) in [5.74, 6) is 0.715. The molecule has 0 saturated carbocycles. The first kappa shape index (κ1) is 17.9. The Hall–Kier alpha value is -2.86. The van der Waals surface area contributed by atoms with Crippen LogP contribution in [0.5, 0.6) is 11.5 Å². The van der Waals surface area contributed by atoms with Crippen LogP contribution in [0, 0.1) is 5.82 Å². The van der Waals surface area contributed by atoms with Crippen LogP contribution >= 0.6 is 0 Å². The molecule has 0 spiro atoms. The van der Waals surface area contributed by atoms with E-state index in [-0.39, 0.29) is 12.7 Å². The van der Waals surface area contributed by atoms with E-state index in [0.29, 0.717) is 36.4 Å². The first-order chi connectivity index (χ1) is 12.7. The number of carbonyl (C=O) groups is 1. The third-order valence-corrected chi connectivity index (χ3v) is 3.99. The molecule has 3 rings (SSSR count). The Morgan fingerprint density at radius 3 is 2.88 bits per heavy atom. The molecule has 1 heterocycles. The Morgan fingerprint density at radius 1 is 1.31 bits per heavy atom. The first-order valence-electron chi connectivity index (χ1n) is 8.27. The second-order valence-electron chi connectivity index (χ2n) is 5.82. The largest absolute Gasteiger partial charge is 0.497 e. The predicted octanol–water partition coefficient (Wildman–Crippen LogP) is 3.07. The average Bonchev–Trinajstić information content (AvgIpc) is 2.66. The number of carbonyl (C=O) groups excluding carboxylic acids is 1. The summed E-state index contributed by atoms with van der Waals surface area (Å²) in [4.78, 5) is 12.0. The van der Waals surface area contributed by atoms with Crippen molar-refractivity contribution in [2.24, 2.45) is 0 Å². The van der Waals surface area contributed by atoms with Crippen molar-refractivity contribution in [3.63, 3.8) is 0 Å². The molecule has 6 heteroatoms. The molecule has 0 bridgehead atoms. The highest BCUT2D eigenvalue weighted by Crippen LogP contribution is 2.30. The number of methoxy groups -OCH3 is 1. The highest BCUT2D eigenvalue weighted by molar-refractivity contribution is 5.92. The molecule has 1 amide bonds. The minimum Gasteiger partial charge on any atom is -0.497 e. The Balaban J connectivity index is 1.55. The van der Waals surface area contributed by atoms with Gasteiger partial charge in [-0.1, -0.05) is 12.1 Å². The quantitative estimate of drug-likeness (QED) is 0.808. The van der Waals surface area contributed by atoms with Crippen molar-refractivity contribution in [2.75, 3.05) is 20.4 Å². The van der Waals surface area contributed by atoms with Gasteiger partial charge in [-0.3, -0.25) is 4.79 Å². The van der Waals surface area contributed by atoms with Gasteiger partial charge in [0.05, 0.1) is 13.7 Å². The van der Waals surface area contributed by atoms with Crippen molar-refractivity contribution in [1.82, 2.24) is 5.32 Å². The van der Waals surface area contributed by atoms with Crippen molar-refractivity contribution in [3.8, 4) is 11.5 Å². The normalized spacial score (nSPS) is 13.2. The molecule has 1 aliphatic heterocycles. The fourth-order valence-corrected chi connectivity index (χ4v) is 2.68. The van der Waals surface area contributed by atoms with E-state index in [2.05, 4.69) is 5.32 Å². The second kappa shape index (κ2) is 8.49. The van der Waals surface area contributed by atoms with Crippen LogP contribution in [0.25, 0.3) is 6.08 Å². The van der Waals surface area contributed by atoms with Crippen LogP contribution in [-0.2, 0) is 22.6 Å². The van der Waals surface area contributed by atoms with Crippen molar-refractivity contribution in [1.29, 1.82) is 0 Å². The van der Waals surface area contributed by atoms with Gasteiger partial charge in [0, 0.05) is 23.7 Å². The van der Waals surface area contributed by atoms with Gasteiger partial charge in [-0.25, -0.2) is 4.39 Å². The van der Waals surface area contributed by atoms with Gasteiger partial charge in [0.1, 0.15) is 17.3 Å². The van der Waals surface area contributed by atoms with Gasteiger partial charge in [-0.05, 0) is 42.3 Å². The predicted molar refractivity (Wildman–Crippen MR) is 95.4 cm³/mol. The number of ether oxygens (including phenoxy) is 3. The van der Waals surface area contributed by atoms with Crippen molar-refractivity contribution < 1.29 is 23.4 Å². The molecule has 0 fully saturated rings. The number of hydrogen-bond acceptors (Lipinski definition) is 4. The topological polar surface area (TPSA) is 56.8 Å². The number of fused-ring (bicyclic) bond motifs is 1. The Bertz CT molecular complexity index is 802. The first-order valence-corrected chi connectivity index (χ1v) is 8.27. The molecule has 0 saturated heterocycles. The van der Waals surface area contributed by atoms with Gasteiger partial charge >= 0.3 is 0 Å². The van der Waals surface area contributed by atoms with Crippen molar-refractivity contribution >= 4 is 12.0 Å². The minimum absolute atomic E-state index is 0.119. The monoisotopic (exact) mass is 357 g/mol. The SMILES string of the molecule is COc1ccc(CCNC(=O)/C=C/c2cc(F)cc3c2OCOC3)cc1. The number of hydrogen-bond donors (Lipinski definition) is 1. The maximum atomic E-state index is 13.7. The van der Waals surface area contributed by atoms with Gasteiger partial charge in [-0.2, -0.15) is 0 Å². The molecular weight excluding hydrogens is 337 g/mol. The molecule has 26 heavy (non-hydrogen) atoms. The maximum absolute atomic E-state index is 13.7. The fourth-order valence-electron chi connectivity index (χ4n) is 2.68. The molecule has 0 atom stereocenters. The van der Waals surface area contributed by atoms with Gasteiger partial charge in [-0.15, -0.1) is 0 Å². The molecule has 2 aromatic rings. The summed E-state index contributed by atoms with van der Waals surface area (Å²) in [7, 11) is 1.62. The van der Waals surface area contributed by atoms with Crippen LogP contribution in [0.4, 0.5) is 4.39 Å². The molecule has 1 aliphatic rings. The standard InChI is InChI=1S/C20H20FNO4/c1-24-18-5-2-14(3-6-18)8-9-22-19(23)7-4-15-10-17(21)11-16-12-25-13-26-20(15)16/h2-7,10-11H,8-9,12-13H2,1H3,(H,22,23)/b7-4+. The fraction of sp³-hybridized carbons (Fsp3) is 0.250. The van der Waals surface area contributed by atoms with Crippen LogP contribution in [0.3, 0.4) is 0 Å². The van der Waals surface area contributed by atoms with E-state index in [0.717, 1.165) is 11.3 Å². The average molecular weight is 357 g/mol. The number of benzene rings is 2. The van der Waals surface area contributed by atoms with Gasteiger partial charge in [0.2, 0.25) is 5.91 Å². The van der Waals surface area contributed by atoms with Crippen LogP contribution < -0.4 is 14.8 Å². The molecule has 136 valence electrons. The maximum Gasteiger partial charge on any atom is 0.244 e. The summed E-state index contributed by atoms with van der Waals surface area (Å²) in [6.45, 7) is 0.913.